The van der Waals surface area contributed by atoms with E-state index >= 15 is 0 Å². The number of hydrogen-bond donors (Lipinski definition) is 0. The van der Waals surface area contributed by atoms with Crippen LogP contribution in [0.25, 0.3) is 0 Å². The second-order valence-corrected chi connectivity index (χ2v) is 4.76. The summed E-state index contributed by atoms with van der Waals surface area (Å²) >= 11 is 0. The first-order valence-electron chi connectivity index (χ1n) is 5.63. The molecule has 0 saturated carbocycles. The molecular weight excluding hydrogens is 242 g/mol. The van der Waals surface area contributed by atoms with Crippen molar-refractivity contribution >= 4 is 5.78 Å². The van der Waals surface area contributed by atoms with Crippen LogP contribution >= 0.6 is 0 Å². The van der Waals surface area contributed by atoms with Crippen molar-refractivity contribution < 1.29 is 26.3 Å². The van der Waals surface area contributed by atoms with Crippen LogP contribution in [0.1, 0.15) is 32.6 Å². The summed E-state index contributed by atoms with van der Waals surface area (Å²) in [6.45, 7) is 6.88. The highest BCUT2D eigenvalue weighted by Gasteiger charge is 2.44. The number of hydrogen-bond acceptors (Lipinski definition) is 1. The van der Waals surface area contributed by atoms with Gasteiger partial charge in [0.15, 0.2) is 5.78 Å². The maximum absolute atomic E-state index is 11.6. The Labute approximate surface area is 97.0 Å². The fraction of sp³-hybridized carbons (Fsp3) is 0.909. The lowest BCUT2D eigenvalue weighted by molar-refractivity contribution is -0.931. The Morgan fingerprint density at radius 3 is 2.50 bits per heavy atom. The van der Waals surface area contributed by atoms with E-state index in [1.54, 1.807) is 0 Å². The molecule has 0 aliphatic carbocycles. The van der Waals surface area contributed by atoms with Crippen LogP contribution in [0.15, 0.2) is 0 Å². The minimum absolute atomic E-state index is 0. The average molecular weight is 262 g/mol. The van der Waals surface area contributed by atoms with Crippen LogP contribution in [0.5, 0.6) is 0 Å². The summed E-state index contributed by atoms with van der Waals surface area (Å²) in [7, 11) is 0. The molecule has 3 heterocycles. The molecule has 2 bridgehead atoms. The predicted molar refractivity (Wildman–Crippen MR) is 52.4 cm³/mol. The van der Waals surface area contributed by atoms with E-state index in [2.05, 4.69) is 6.92 Å². The van der Waals surface area contributed by atoms with Crippen molar-refractivity contribution in [1.82, 2.24) is 0 Å². The fourth-order valence-electron chi connectivity index (χ4n) is 2.85. The van der Waals surface area contributed by atoms with Crippen LogP contribution in [0.3, 0.4) is 0 Å². The third-order valence-corrected chi connectivity index (χ3v) is 3.84. The van der Waals surface area contributed by atoms with Crippen LogP contribution in [0, 0.1) is 5.92 Å². The van der Waals surface area contributed by atoms with E-state index in [4.69, 9.17) is 0 Å². The lowest BCUT2D eigenvalue weighted by atomic mass is 9.84. The Morgan fingerprint density at radius 2 is 2.00 bits per heavy atom. The van der Waals surface area contributed by atoms with Gasteiger partial charge in [-0.05, 0) is 6.42 Å². The van der Waals surface area contributed by atoms with E-state index in [1.165, 1.54) is 45.3 Å². The SMILES string of the molecule is CCCC[N+]12CCC(CC1)C(=O)C2.[Br-]. The first kappa shape index (κ1) is 12.2. The van der Waals surface area contributed by atoms with E-state index in [-0.39, 0.29) is 17.0 Å². The van der Waals surface area contributed by atoms with Crippen LogP contribution in [-0.2, 0) is 4.79 Å². The molecule has 0 radical (unpaired) electrons. The highest BCUT2D eigenvalue weighted by molar-refractivity contribution is 5.83. The van der Waals surface area contributed by atoms with Crippen LogP contribution in [-0.4, -0.2) is 36.4 Å². The molecule has 0 unspecified atom stereocenters. The molecule has 3 heteroatoms. The van der Waals surface area contributed by atoms with Crippen LogP contribution < -0.4 is 17.0 Å². The molecule has 0 N–H and O–H groups in total. The van der Waals surface area contributed by atoms with Gasteiger partial charge in [-0.15, -0.1) is 0 Å². The van der Waals surface area contributed by atoms with Crippen molar-refractivity contribution in [2.45, 2.75) is 32.6 Å². The normalized spacial score (nSPS) is 35.5. The van der Waals surface area contributed by atoms with Gasteiger partial charge in [-0.3, -0.25) is 4.79 Å². The van der Waals surface area contributed by atoms with Crippen molar-refractivity contribution in [3.63, 3.8) is 0 Å². The second-order valence-electron chi connectivity index (χ2n) is 4.76. The smallest absolute Gasteiger partial charge is 0.190 e. The lowest BCUT2D eigenvalue weighted by Gasteiger charge is -2.48. The molecule has 0 aromatic rings. The van der Waals surface area contributed by atoms with E-state index in [0.717, 1.165) is 11.0 Å². The number of rotatable bonds is 3. The van der Waals surface area contributed by atoms with E-state index in [9.17, 15) is 4.79 Å². The number of halogens is 1. The average Bonchev–Trinajstić information content (AvgIpc) is 2.16. The third-order valence-electron chi connectivity index (χ3n) is 3.84. The van der Waals surface area contributed by atoms with Gasteiger partial charge >= 0.3 is 0 Å². The zero-order valence-electron chi connectivity index (χ0n) is 8.97. The highest BCUT2D eigenvalue weighted by atomic mass is 79.9. The molecular formula is C11H20BrNO. The van der Waals surface area contributed by atoms with Crippen LogP contribution in [0.4, 0.5) is 0 Å². The molecule has 82 valence electrons. The van der Waals surface area contributed by atoms with Gasteiger partial charge in [-0.2, -0.15) is 0 Å². The minimum atomic E-state index is 0. The van der Waals surface area contributed by atoms with Crippen molar-refractivity contribution in [3.05, 3.63) is 0 Å². The number of carbonyl (C=O) groups excluding carboxylic acids is 1. The standard InChI is InChI=1S/C11H20NO.BrH/c1-2-3-6-12-7-4-10(5-8-12)11(13)9-12;/h10H,2-9H2,1H3;1H/q+1;/p-1. The van der Waals surface area contributed by atoms with Gasteiger partial charge in [0.05, 0.1) is 19.6 Å². The number of quaternary nitrogens is 1. The summed E-state index contributed by atoms with van der Waals surface area (Å²) in [5.41, 5.74) is 0. The van der Waals surface area contributed by atoms with Gasteiger partial charge in [0.25, 0.3) is 0 Å². The number of ketones is 1. The van der Waals surface area contributed by atoms with E-state index < -0.39 is 0 Å². The van der Waals surface area contributed by atoms with Gasteiger partial charge in [0.1, 0.15) is 6.54 Å². The highest BCUT2D eigenvalue weighted by Crippen LogP contribution is 2.31. The quantitative estimate of drug-likeness (QED) is 0.572. The van der Waals surface area contributed by atoms with Gasteiger partial charge in [0, 0.05) is 18.8 Å². The number of unbranched alkanes of at least 4 members (excludes halogenated alkanes) is 1. The Hall–Kier alpha value is 0.110. The molecule has 0 aromatic carbocycles. The monoisotopic (exact) mass is 261 g/mol. The van der Waals surface area contributed by atoms with E-state index in [0.29, 0.717) is 11.7 Å². The summed E-state index contributed by atoms with van der Waals surface area (Å²) < 4.78 is 1.13. The second kappa shape index (κ2) is 4.75. The van der Waals surface area contributed by atoms with Crippen LogP contribution in [0.2, 0.25) is 0 Å². The largest absolute Gasteiger partial charge is 1.00 e. The third kappa shape index (κ3) is 2.19. The summed E-state index contributed by atoms with van der Waals surface area (Å²) in [6, 6.07) is 0. The zero-order chi connectivity index (χ0) is 9.31. The van der Waals surface area contributed by atoms with Crippen molar-refractivity contribution in [3.8, 4) is 0 Å². The Kier molecular flexibility index (Phi) is 4.14. The number of fused-ring (bicyclic) bond motifs is 3. The molecule has 3 aliphatic rings. The molecule has 0 atom stereocenters. The molecule has 2 nitrogen and oxygen atoms in total. The minimum Gasteiger partial charge on any atom is -1.00 e. The van der Waals surface area contributed by atoms with Crippen molar-refractivity contribution in [1.29, 1.82) is 0 Å². The molecule has 0 amide bonds. The molecule has 3 aliphatic heterocycles. The Bertz CT molecular complexity index is 209. The maximum Gasteiger partial charge on any atom is 0.190 e. The predicted octanol–water partition coefficient (Wildman–Crippen LogP) is -1.40. The number of Topliss-reactive ketones (excluding diaryl/α,β-unsaturated/α-hetero) is 1. The summed E-state index contributed by atoms with van der Waals surface area (Å²) in [5, 5.41) is 0. The fourth-order valence-corrected chi connectivity index (χ4v) is 2.85. The topological polar surface area (TPSA) is 17.1 Å². The van der Waals surface area contributed by atoms with Crippen molar-refractivity contribution in [2.75, 3.05) is 26.2 Å². The number of piperidine rings is 3. The van der Waals surface area contributed by atoms with Gasteiger partial charge in [-0.25, -0.2) is 0 Å². The molecule has 14 heavy (non-hydrogen) atoms. The van der Waals surface area contributed by atoms with E-state index in [1.807, 2.05) is 0 Å². The van der Waals surface area contributed by atoms with Gasteiger partial charge < -0.3 is 21.5 Å². The lowest BCUT2D eigenvalue weighted by Crippen LogP contribution is -3.00. The molecule has 3 fully saturated rings. The first-order chi connectivity index (χ1) is 6.26. The Morgan fingerprint density at radius 1 is 1.36 bits per heavy atom. The summed E-state index contributed by atoms with van der Waals surface area (Å²) in [5.74, 6) is 0.996. The summed E-state index contributed by atoms with van der Waals surface area (Å²) in [6.07, 6.45) is 4.89. The molecule has 3 rings (SSSR count). The number of nitrogens with zero attached hydrogens (tertiary/aromatic N) is 1. The Balaban J connectivity index is 0.000000980. The van der Waals surface area contributed by atoms with Gasteiger partial charge in [0.2, 0.25) is 0 Å². The van der Waals surface area contributed by atoms with Crippen molar-refractivity contribution in [2.24, 2.45) is 5.92 Å². The molecule has 3 saturated heterocycles. The van der Waals surface area contributed by atoms with Gasteiger partial charge in [-0.1, -0.05) is 13.3 Å². The number of carbonyl (C=O) groups is 1. The zero-order valence-corrected chi connectivity index (χ0v) is 10.6. The first-order valence-corrected chi connectivity index (χ1v) is 5.63. The molecule has 0 aromatic heterocycles. The summed E-state index contributed by atoms with van der Waals surface area (Å²) in [4.78, 5) is 11.6. The molecule has 0 spiro atoms. The maximum atomic E-state index is 11.6.